The van der Waals surface area contributed by atoms with Crippen LogP contribution in [0.5, 0.6) is 5.75 Å². The Morgan fingerprint density at radius 1 is 0.829 bits per heavy atom. The summed E-state index contributed by atoms with van der Waals surface area (Å²) in [5.74, 6) is -1.13. The van der Waals surface area contributed by atoms with Crippen molar-refractivity contribution < 1.29 is 19.1 Å². The standard InChI is InChI=1S/C34H23Cl2NO4/c1-41-24-9-5-7-21(18-24)31(38)30-29(20-6-4-8-22(35)17-20)34(32(39)25-10-2-3-11-26(25)33(34)40)28-15-12-19-16-23(36)13-14-27(19)37(28)30/h2-18,28-30H,1H3/t28-,29-,30-/m0/s1. The highest BCUT2D eigenvalue weighted by Gasteiger charge is 2.71. The van der Waals surface area contributed by atoms with Gasteiger partial charge in [0.25, 0.3) is 0 Å². The van der Waals surface area contributed by atoms with Gasteiger partial charge >= 0.3 is 0 Å². The molecule has 1 saturated heterocycles. The van der Waals surface area contributed by atoms with E-state index in [9.17, 15) is 14.4 Å². The molecule has 7 rings (SSSR count). The number of hydrogen-bond acceptors (Lipinski definition) is 5. The summed E-state index contributed by atoms with van der Waals surface area (Å²) in [6.07, 6.45) is 3.76. The summed E-state index contributed by atoms with van der Waals surface area (Å²) in [7, 11) is 1.54. The molecule has 4 aromatic carbocycles. The SMILES string of the molecule is COc1cccc(C(=O)[C@@H]2[C@H](c3cccc(Cl)c3)C3(C(=O)c4ccccc4C3=O)[C@@H]3C=Cc4cc(Cl)ccc4N23)c1. The minimum absolute atomic E-state index is 0.233. The van der Waals surface area contributed by atoms with Crippen molar-refractivity contribution >= 4 is 52.3 Å². The molecule has 202 valence electrons. The van der Waals surface area contributed by atoms with Crippen LogP contribution in [0, 0.1) is 5.41 Å². The highest BCUT2D eigenvalue weighted by molar-refractivity contribution is 6.33. The van der Waals surface area contributed by atoms with Crippen LogP contribution in [0.4, 0.5) is 5.69 Å². The largest absolute Gasteiger partial charge is 0.497 e. The van der Waals surface area contributed by atoms with Crippen LogP contribution in [0.3, 0.4) is 0 Å². The maximum Gasteiger partial charge on any atom is 0.186 e. The number of rotatable bonds is 4. The van der Waals surface area contributed by atoms with Gasteiger partial charge in [-0.25, -0.2) is 0 Å². The van der Waals surface area contributed by atoms with E-state index in [1.807, 2.05) is 35.3 Å². The third-order valence-electron chi connectivity index (χ3n) is 8.60. The van der Waals surface area contributed by atoms with Gasteiger partial charge < -0.3 is 9.64 Å². The molecule has 1 spiro atoms. The minimum Gasteiger partial charge on any atom is -0.497 e. The normalized spacial score (nSPS) is 21.5. The molecule has 0 saturated carbocycles. The van der Waals surface area contributed by atoms with Crippen LogP contribution in [0.2, 0.25) is 10.0 Å². The number of carbonyl (C=O) groups excluding carboxylic acids is 3. The van der Waals surface area contributed by atoms with Crippen molar-refractivity contribution in [3.05, 3.63) is 135 Å². The quantitative estimate of drug-likeness (QED) is 0.187. The zero-order chi connectivity index (χ0) is 28.5. The van der Waals surface area contributed by atoms with E-state index in [2.05, 4.69) is 0 Å². The van der Waals surface area contributed by atoms with E-state index in [0.717, 1.165) is 11.3 Å². The van der Waals surface area contributed by atoms with E-state index in [0.29, 0.717) is 38.0 Å². The van der Waals surface area contributed by atoms with Crippen molar-refractivity contribution in [1.82, 2.24) is 0 Å². The van der Waals surface area contributed by atoms with E-state index in [1.54, 1.807) is 79.9 Å². The summed E-state index contributed by atoms with van der Waals surface area (Å²) >= 11 is 12.9. The molecule has 0 amide bonds. The summed E-state index contributed by atoms with van der Waals surface area (Å²) < 4.78 is 5.42. The maximum atomic E-state index is 14.7. The van der Waals surface area contributed by atoms with Crippen LogP contribution in [-0.2, 0) is 0 Å². The van der Waals surface area contributed by atoms with Crippen LogP contribution in [-0.4, -0.2) is 36.5 Å². The fourth-order valence-electron chi connectivity index (χ4n) is 6.97. The van der Waals surface area contributed by atoms with Gasteiger partial charge in [-0.15, -0.1) is 0 Å². The number of hydrogen-bond donors (Lipinski definition) is 0. The predicted molar refractivity (Wildman–Crippen MR) is 160 cm³/mol. The molecule has 5 nitrogen and oxygen atoms in total. The monoisotopic (exact) mass is 579 g/mol. The maximum absolute atomic E-state index is 14.7. The fraction of sp³-hybridized carbons (Fsp3) is 0.147. The summed E-state index contributed by atoms with van der Waals surface area (Å²) in [4.78, 5) is 46.0. The van der Waals surface area contributed by atoms with Gasteiger partial charge in [0.05, 0.1) is 13.2 Å². The number of nitrogens with zero attached hydrogens (tertiary/aromatic N) is 1. The van der Waals surface area contributed by atoms with Crippen LogP contribution < -0.4 is 9.64 Å². The van der Waals surface area contributed by atoms with Crippen molar-refractivity contribution in [3.8, 4) is 5.75 Å². The first-order chi connectivity index (χ1) is 19.9. The molecule has 2 aliphatic heterocycles. The highest BCUT2D eigenvalue weighted by Crippen LogP contribution is 2.61. The number of halogens is 2. The minimum atomic E-state index is -1.60. The number of Topliss-reactive ketones (excluding diaryl/α,β-unsaturated/α-hetero) is 3. The number of ketones is 3. The Kier molecular flexibility index (Phi) is 5.93. The molecule has 0 bridgehead atoms. The Labute approximate surface area is 247 Å². The highest BCUT2D eigenvalue weighted by atomic mass is 35.5. The molecule has 0 unspecified atom stereocenters. The van der Waals surface area contributed by atoms with Crippen molar-refractivity contribution in [3.63, 3.8) is 0 Å². The van der Waals surface area contributed by atoms with Crippen LogP contribution in [0.15, 0.2) is 97.1 Å². The van der Waals surface area contributed by atoms with E-state index in [-0.39, 0.29) is 17.3 Å². The lowest BCUT2D eigenvalue weighted by Crippen LogP contribution is -2.48. The van der Waals surface area contributed by atoms with Gasteiger partial charge in [-0.2, -0.15) is 0 Å². The van der Waals surface area contributed by atoms with Crippen LogP contribution >= 0.6 is 23.2 Å². The van der Waals surface area contributed by atoms with E-state index >= 15 is 0 Å². The average Bonchev–Trinajstić information content (AvgIpc) is 3.42. The average molecular weight is 580 g/mol. The Morgan fingerprint density at radius 2 is 1.54 bits per heavy atom. The zero-order valence-corrected chi connectivity index (χ0v) is 23.4. The third kappa shape index (κ3) is 3.59. The molecule has 41 heavy (non-hydrogen) atoms. The summed E-state index contributed by atoms with van der Waals surface area (Å²) in [6, 6.07) is 24.8. The van der Waals surface area contributed by atoms with Gasteiger partial charge in [-0.1, -0.05) is 83.9 Å². The van der Waals surface area contributed by atoms with Gasteiger partial charge in [0.2, 0.25) is 0 Å². The fourth-order valence-corrected chi connectivity index (χ4v) is 7.35. The molecule has 1 fully saturated rings. The number of benzene rings is 4. The summed E-state index contributed by atoms with van der Waals surface area (Å²) in [5, 5.41) is 0.997. The third-order valence-corrected chi connectivity index (χ3v) is 9.07. The molecule has 2 heterocycles. The Morgan fingerprint density at radius 3 is 2.24 bits per heavy atom. The van der Waals surface area contributed by atoms with Gasteiger partial charge in [-0.05, 0) is 53.6 Å². The topological polar surface area (TPSA) is 63.7 Å². The van der Waals surface area contributed by atoms with Crippen LogP contribution in [0.25, 0.3) is 6.08 Å². The molecule has 3 atom stereocenters. The first kappa shape index (κ1) is 25.8. The van der Waals surface area contributed by atoms with Crippen molar-refractivity contribution in [2.75, 3.05) is 12.0 Å². The molecule has 7 heteroatoms. The second kappa shape index (κ2) is 9.44. The molecule has 0 radical (unpaired) electrons. The first-order valence-corrected chi connectivity index (χ1v) is 14.0. The number of ether oxygens (including phenoxy) is 1. The Balaban J connectivity index is 1.55. The lowest BCUT2D eigenvalue weighted by molar-refractivity contribution is 0.0666. The predicted octanol–water partition coefficient (Wildman–Crippen LogP) is 7.32. The summed E-state index contributed by atoms with van der Waals surface area (Å²) in [6.45, 7) is 0. The molecule has 3 aliphatic rings. The number of anilines is 1. The van der Waals surface area contributed by atoms with Crippen molar-refractivity contribution in [2.24, 2.45) is 5.41 Å². The van der Waals surface area contributed by atoms with Crippen molar-refractivity contribution in [2.45, 2.75) is 18.0 Å². The Bertz CT molecular complexity index is 1780. The molecule has 0 aromatic heterocycles. The number of carbonyl (C=O) groups is 3. The first-order valence-electron chi connectivity index (χ1n) is 13.2. The van der Waals surface area contributed by atoms with Gasteiger partial charge in [0.1, 0.15) is 17.2 Å². The second-order valence-corrected chi connectivity index (χ2v) is 11.4. The molecule has 1 aliphatic carbocycles. The van der Waals surface area contributed by atoms with Gasteiger partial charge in [0, 0.05) is 38.3 Å². The molecular weight excluding hydrogens is 557 g/mol. The molecule has 4 aromatic rings. The van der Waals surface area contributed by atoms with E-state index < -0.39 is 23.4 Å². The number of fused-ring (bicyclic) bond motifs is 5. The molecular formula is C34H23Cl2NO4. The lowest BCUT2D eigenvalue weighted by Gasteiger charge is -2.37. The second-order valence-electron chi connectivity index (χ2n) is 10.6. The van der Waals surface area contributed by atoms with Crippen molar-refractivity contribution in [1.29, 1.82) is 0 Å². The smallest absolute Gasteiger partial charge is 0.186 e. The van der Waals surface area contributed by atoms with E-state index in [4.69, 9.17) is 27.9 Å². The van der Waals surface area contributed by atoms with E-state index in [1.165, 1.54) is 0 Å². The van der Waals surface area contributed by atoms with Gasteiger partial charge in [-0.3, -0.25) is 14.4 Å². The summed E-state index contributed by atoms with van der Waals surface area (Å²) in [5.41, 5.74) is 1.73. The lowest BCUT2D eigenvalue weighted by atomic mass is 9.64. The molecule has 0 N–H and O–H groups in total. The van der Waals surface area contributed by atoms with Crippen LogP contribution in [0.1, 0.15) is 48.1 Å². The Hall–Kier alpha value is -4.19. The number of methoxy groups -OCH3 is 1. The van der Waals surface area contributed by atoms with Gasteiger partial charge in [0.15, 0.2) is 17.3 Å². The zero-order valence-electron chi connectivity index (χ0n) is 21.9.